The number of nitrogens with one attached hydrogen (secondary N) is 1. The maximum absolute atomic E-state index is 12.0. The second-order valence-corrected chi connectivity index (χ2v) is 5.87. The van der Waals surface area contributed by atoms with Gasteiger partial charge in [-0.25, -0.2) is 13.1 Å². The largest absolute Gasteiger partial charge is 0.507 e. The van der Waals surface area contributed by atoms with E-state index >= 15 is 0 Å². The van der Waals surface area contributed by atoms with Crippen molar-refractivity contribution in [3.8, 4) is 5.75 Å². The number of phenols is 1. The molecule has 2 aromatic rings. The second kappa shape index (κ2) is 5.41. The molecule has 1 heterocycles. The van der Waals surface area contributed by atoms with Gasteiger partial charge in [-0.1, -0.05) is 12.1 Å². The monoisotopic (exact) mass is 281 g/mol. The summed E-state index contributed by atoms with van der Waals surface area (Å²) in [5.74, 6) is -0.253. The SMILES string of the molecule is Cn1cc(CCNS(=O)(=O)c2ccccc2O)cn1. The molecule has 0 amide bonds. The summed E-state index contributed by atoms with van der Waals surface area (Å²) in [7, 11) is -1.88. The highest BCUT2D eigenvalue weighted by molar-refractivity contribution is 7.89. The Morgan fingerprint density at radius 2 is 2.11 bits per heavy atom. The van der Waals surface area contributed by atoms with Gasteiger partial charge in [0.15, 0.2) is 0 Å². The van der Waals surface area contributed by atoms with E-state index in [9.17, 15) is 13.5 Å². The van der Waals surface area contributed by atoms with Crippen LogP contribution in [0.3, 0.4) is 0 Å². The number of hydrogen-bond donors (Lipinski definition) is 2. The molecule has 0 radical (unpaired) electrons. The van der Waals surface area contributed by atoms with E-state index in [-0.39, 0.29) is 17.2 Å². The van der Waals surface area contributed by atoms with Gasteiger partial charge < -0.3 is 5.11 Å². The van der Waals surface area contributed by atoms with Crippen LogP contribution in [0.15, 0.2) is 41.6 Å². The molecule has 0 saturated carbocycles. The Labute approximate surface area is 111 Å². The Morgan fingerprint density at radius 1 is 1.37 bits per heavy atom. The van der Waals surface area contributed by atoms with Gasteiger partial charge in [0, 0.05) is 19.8 Å². The minimum atomic E-state index is -3.68. The van der Waals surface area contributed by atoms with Crippen LogP contribution in [0, 0.1) is 0 Å². The van der Waals surface area contributed by atoms with Crippen LogP contribution < -0.4 is 4.72 Å². The summed E-state index contributed by atoms with van der Waals surface area (Å²) in [6, 6.07) is 5.84. The fourth-order valence-electron chi connectivity index (χ4n) is 1.69. The molecule has 0 aliphatic rings. The Balaban J connectivity index is 2.01. The van der Waals surface area contributed by atoms with E-state index in [4.69, 9.17) is 0 Å². The lowest BCUT2D eigenvalue weighted by Gasteiger charge is -2.07. The molecule has 0 unspecified atom stereocenters. The van der Waals surface area contributed by atoms with E-state index in [1.54, 1.807) is 30.1 Å². The van der Waals surface area contributed by atoms with Gasteiger partial charge in [-0.15, -0.1) is 0 Å². The average molecular weight is 281 g/mol. The first kappa shape index (κ1) is 13.6. The maximum atomic E-state index is 12.0. The second-order valence-electron chi connectivity index (χ2n) is 4.14. The van der Waals surface area contributed by atoms with Crippen LogP contribution in [0.5, 0.6) is 5.75 Å². The van der Waals surface area contributed by atoms with Crippen molar-refractivity contribution in [2.45, 2.75) is 11.3 Å². The summed E-state index contributed by atoms with van der Waals surface area (Å²) in [4.78, 5) is -0.110. The molecule has 1 aromatic carbocycles. The van der Waals surface area contributed by atoms with Crippen LogP contribution in [0.4, 0.5) is 0 Å². The van der Waals surface area contributed by atoms with Crippen LogP contribution in [-0.4, -0.2) is 29.8 Å². The molecule has 6 nitrogen and oxygen atoms in total. The first-order valence-electron chi connectivity index (χ1n) is 5.74. The Bertz CT molecular complexity index is 664. The number of phenolic OH excluding ortho intramolecular Hbond substituents is 1. The fourth-order valence-corrected chi connectivity index (χ4v) is 2.82. The number of aromatic hydroxyl groups is 1. The lowest BCUT2D eigenvalue weighted by molar-refractivity contribution is 0.458. The molecule has 0 aliphatic heterocycles. The Morgan fingerprint density at radius 3 is 2.74 bits per heavy atom. The highest BCUT2D eigenvalue weighted by atomic mass is 32.2. The molecule has 0 atom stereocenters. The Kier molecular flexibility index (Phi) is 3.87. The lowest BCUT2D eigenvalue weighted by atomic mass is 10.3. The molecule has 0 spiro atoms. The van der Waals surface area contributed by atoms with E-state index in [1.165, 1.54) is 12.1 Å². The maximum Gasteiger partial charge on any atom is 0.244 e. The molecule has 0 fully saturated rings. The first-order chi connectivity index (χ1) is 8.99. The smallest absolute Gasteiger partial charge is 0.244 e. The summed E-state index contributed by atoms with van der Waals surface area (Å²) in [6.07, 6.45) is 4.06. The first-order valence-corrected chi connectivity index (χ1v) is 7.22. The number of rotatable bonds is 5. The molecule has 1 aromatic heterocycles. The van der Waals surface area contributed by atoms with Crippen LogP contribution >= 0.6 is 0 Å². The molecule has 102 valence electrons. The van der Waals surface area contributed by atoms with Gasteiger partial charge in [-0.3, -0.25) is 4.68 Å². The highest BCUT2D eigenvalue weighted by Crippen LogP contribution is 2.20. The van der Waals surface area contributed by atoms with Gasteiger partial charge in [0.05, 0.1) is 6.20 Å². The number of sulfonamides is 1. The molecule has 0 aliphatic carbocycles. The van der Waals surface area contributed by atoms with Crippen molar-refractivity contribution >= 4 is 10.0 Å². The van der Waals surface area contributed by atoms with Crippen LogP contribution in [-0.2, 0) is 23.5 Å². The normalized spacial score (nSPS) is 11.6. The summed E-state index contributed by atoms with van der Waals surface area (Å²) >= 11 is 0. The van der Waals surface area contributed by atoms with E-state index in [0.717, 1.165) is 5.56 Å². The van der Waals surface area contributed by atoms with Crippen molar-refractivity contribution in [3.63, 3.8) is 0 Å². The van der Waals surface area contributed by atoms with Crippen molar-refractivity contribution in [3.05, 3.63) is 42.2 Å². The van der Waals surface area contributed by atoms with E-state index in [0.29, 0.717) is 6.42 Å². The van der Waals surface area contributed by atoms with Gasteiger partial charge in [0.25, 0.3) is 0 Å². The molecule has 0 bridgehead atoms. The van der Waals surface area contributed by atoms with Gasteiger partial charge in [-0.2, -0.15) is 5.10 Å². The van der Waals surface area contributed by atoms with E-state index < -0.39 is 10.0 Å². The molecular weight excluding hydrogens is 266 g/mol. The summed E-state index contributed by atoms with van der Waals surface area (Å²) in [5.41, 5.74) is 0.947. The Hall–Kier alpha value is -1.86. The number of benzene rings is 1. The van der Waals surface area contributed by atoms with Gasteiger partial charge in [0.2, 0.25) is 10.0 Å². The van der Waals surface area contributed by atoms with Crippen molar-refractivity contribution in [2.24, 2.45) is 7.05 Å². The minimum absolute atomic E-state index is 0.110. The van der Waals surface area contributed by atoms with Crippen molar-refractivity contribution < 1.29 is 13.5 Å². The molecule has 7 heteroatoms. The minimum Gasteiger partial charge on any atom is -0.507 e. The van der Waals surface area contributed by atoms with Crippen molar-refractivity contribution in [1.29, 1.82) is 0 Å². The zero-order valence-electron chi connectivity index (χ0n) is 10.4. The molecule has 2 N–H and O–H groups in total. The fraction of sp³-hybridized carbons (Fsp3) is 0.250. The summed E-state index contributed by atoms with van der Waals surface area (Å²) in [6.45, 7) is 0.252. The molecule has 2 rings (SSSR count). The number of para-hydroxylation sites is 1. The zero-order chi connectivity index (χ0) is 13.9. The van der Waals surface area contributed by atoms with Crippen LogP contribution in [0.2, 0.25) is 0 Å². The molecular formula is C12H15N3O3S. The predicted molar refractivity (Wildman–Crippen MR) is 70.2 cm³/mol. The van der Waals surface area contributed by atoms with Crippen LogP contribution in [0.1, 0.15) is 5.56 Å². The number of aromatic nitrogens is 2. The van der Waals surface area contributed by atoms with E-state index in [2.05, 4.69) is 9.82 Å². The third-order valence-electron chi connectivity index (χ3n) is 2.62. The number of aryl methyl sites for hydroxylation is 1. The van der Waals surface area contributed by atoms with Crippen LogP contribution in [0.25, 0.3) is 0 Å². The lowest BCUT2D eigenvalue weighted by Crippen LogP contribution is -2.26. The standard InChI is InChI=1S/C12H15N3O3S/c1-15-9-10(8-13-15)6-7-14-19(17,18)12-5-3-2-4-11(12)16/h2-5,8-9,14,16H,6-7H2,1H3. The van der Waals surface area contributed by atoms with Gasteiger partial charge in [-0.05, 0) is 24.1 Å². The third-order valence-corrected chi connectivity index (χ3v) is 4.13. The third kappa shape index (κ3) is 3.33. The topological polar surface area (TPSA) is 84.2 Å². The quantitative estimate of drug-likeness (QED) is 0.842. The number of hydrogen-bond acceptors (Lipinski definition) is 4. The number of nitrogens with zero attached hydrogens (tertiary/aromatic N) is 2. The zero-order valence-corrected chi connectivity index (χ0v) is 11.3. The highest BCUT2D eigenvalue weighted by Gasteiger charge is 2.17. The predicted octanol–water partition coefficient (Wildman–Crippen LogP) is 0.647. The molecule has 19 heavy (non-hydrogen) atoms. The molecule has 0 saturated heterocycles. The van der Waals surface area contributed by atoms with Gasteiger partial charge >= 0.3 is 0 Å². The van der Waals surface area contributed by atoms with Crippen molar-refractivity contribution in [1.82, 2.24) is 14.5 Å². The summed E-state index contributed by atoms with van der Waals surface area (Å²) < 4.78 is 28.0. The van der Waals surface area contributed by atoms with Gasteiger partial charge in [0.1, 0.15) is 10.6 Å². The van der Waals surface area contributed by atoms with E-state index in [1.807, 2.05) is 6.20 Å². The van der Waals surface area contributed by atoms with Crippen molar-refractivity contribution in [2.75, 3.05) is 6.54 Å². The average Bonchev–Trinajstić information content (AvgIpc) is 2.75. The summed E-state index contributed by atoms with van der Waals surface area (Å²) in [5, 5.41) is 13.5.